The molecule has 3 N–H and O–H groups in total. The van der Waals surface area contributed by atoms with E-state index in [4.69, 9.17) is 4.74 Å². The fourth-order valence-corrected chi connectivity index (χ4v) is 4.93. The van der Waals surface area contributed by atoms with Crippen molar-refractivity contribution in [1.82, 2.24) is 15.3 Å². The zero-order chi connectivity index (χ0) is 26.2. The van der Waals surface area contributed by atoms with E-state index >= 15 is 4.39 Å². The molecule has 0 bridgehead atoms. The van der Waals surface area contributed by atoms with Gasteiger partial charge >= 0.3 is 0 Å². The second-order valence-corrected chi connectivity index (χ2v) is 9.08. The molecule has 0 unspecified atom stereocenters. The Bertz CT molecular complexity index is 1550. The summed E-state index contributed by atoms with van der Waals surface area (Å²) in [7, 11) is 0. The lowest BCUT2D eigenvalue weighted by Gasteiger charge is -2.29. The summed E-state index contributed by atoms with van der Waals surface area (Å²) in [6.07, 6.45) is 3.27. The van der Waals surface area contributed by atoms with E-state index in [1.807, 2.05) is 4.90 Å². The number of fused-ring (bicyclic) bond motifs is 1. The summed E-state index contributed by atoms with van der Waals surface area (Å²) >= 11 is 0. The smallest absolute Gasteiger partial charge is 0.255 e. The number of halogens is 2. The van der Waals surface area contributed by atoms with E-state index in [2.05, 4.69) is 20.6 Å². The van der Waals surface area contributed by atoms with Crippen LogP contribution in [0.2, 0.25) is 0 Å². The van der Waals surface area contributed by atoms with Gasteiger partial charge in [0.25, 0.3) is 11.8 Å². The highest BCUT2D eigenvalue weighted by atomic mass is 19.1. The van der Waals surface area contributed by atoms with Crippen molar-refractivity contribution in [3.63, 3.8) is 0 Å². The quantitative estimate of drug-likeness (QED) is 0.367. The molecule has 2 aliphatic rings. The maximum Gasteiger partial charge on any atom is 0.255 e. The number of morpholine rings is 1. The number of benzene rings is 3. The highest BCUT2D eigenvalue weighted by molar-refractivity contribution is 6.06. The number of anilines is 2. The van der Waals surface area contributed by atoms with Gasteiger partial charge in [0.1, 0.15) is 17.5 Å². The molecule has 0 saturated carbocycles. The Morgan fingerprint density at radius 2 is 1.79 bits per heavy atom. The van der Waals surface area contributed by atoms with E-state index < -0.39 is 17.5 Å². The molecule has 10 heteroatoms. The van der Waals surface area contributed by atoms with Crippen molar-refractivity contribution in [2.75, 3.05) is 36.5 Å². The van der Waals surface area contributed by atoms with Gasteiger partial charge in [0.15, 0.2) is 0 Å². The van der Waals surface area contributed by atoms with Crippen molar-refractivity contribution < 1.29 is 23.1 Å². The van der Waals surface area contributed by atoms with Gasteiger partial charge in [-0.3, -0.25) is 9.59 Å². The zero-order valence-electron chi connectivity index (χ0n) is 20.2. The summed E-state index contributed by atoms with van der Waals surface area (Å²) < 4.78 is 35.0. The van der Waals surface area contributed by atoms with Gasteiger partial charge in [0.2, 0.25) is 0 Å². The SMILES string of the molecule is O=C(Nc1ccc(-c2ccc(-c3ncc[nH]3)c3c2CNC3=O)c(F)c1)c1cc(F)cc(N2CCOCC2)c1. The minimum Gasteiger partial charge on any atom is -0.378 e. The maximum atomic E-state index is 15.3. The summed E-state index contributed by atoms with van der Waals surface area (Å²) in [4.78, 5) is 34.7. The minimum atomic E-state index is -0.566. The highest BCUT2D eigenvalue weighted by Crippen LogP contribution is 2.36. The number of nitrogens with one attached hydrogen (secondary N) is 3. The molecule has 3 aromatic carbocycles. The normalized spacial score (nSPS) is 14.8. The van der Waals surface area contributed by atoms with Crippen LogP contribution in [0.25, 0.3) is 22.5 Å². The largest absolute Gasteiger partial charge is 0.378 e. The van der Waals surface area contributed by atoms with Crippen LogP contribution in [0.1, 0.15) is 26.3 Å². The number of hydrogen-bond donors (Lipinski definition) is 3. The van der Waals surface area contributed by atoms with Crippen molar-refractivity contribution in [3.8, 4) is 22.5 Å². The number of aromatic nitrogens is 2. The van der Waals surface area contributed by atoms with Gasteiger partial charge < -0.3 is 25.3 Å². The van der Waals surface area contributed by atoms with E-state index in [0.717, 1.165) is 6.07 Å². The molecule has 1 saturated heterocycles. The average Bonchev–Trinajstić information content (AvgIpc) is 3.60. The van der Waals surface area contributed by atoms with Crippen LogP contribution in [0.3, 0.4) is 0 Å². The molecule has 4 aromatic rings. The molecule has 0 aliphatic carbocycles. The van der Waals surface area contributed by atoms with Crippen molar-refractivity contribution in [1.29, 1.82) is 0 Å². The van der Waals surface area contributed by atoms with Gasteiger partial charge in [-0.05, 0) is 53.6 Å². The lowest BCUT2D eigenvalue weighted by atomic mass is 9.92. The number of carbonyl (C=O) groups excluding carboxylic acids is 2. The number of carbonyl (C=O) groups is 2. The summed E-state index contributed by atoms with van der Waals surface area (Å²) in [6.45, 7) is 2.53. The first-order chi connectivity index (χ1) is 18.5. The van der Waals surface area contributed by atoms with Crippen LogP contribution >= 0.6 is 0 Å². The Kier molecular flexibility index (Phi) is 6.09. The molecule has 1 fully saturated rings. The van der Waals surface area contributed by atoms with E-state index in [1.54, 1.807) is 42.7 Å². The van der Waals surface area contributed by atoms with Gasteiger partial charge in [-0.25, -0.2) is 13.8 Å². The summed E-state index contributed by atoms with van der Waals surface area (Å²) in [5, 5.41) is 5.46. The molecule has 2 aliphatic heterocycles. The Morgan fingerprint density at radius 3 is 2.55 bits per heavy atom. The first-order valence-corrected chi connectivity index (χ1v) is 12.2. The van der Waals surface area contributed by atoms with Gasteiger partial charge in [-0.2, -0.15) is 0 Å². The molecule has 1 aromatic heterocycles. The summed E-state index contributed by atoms with van der Waals surface area (Å²) in [5.74, 6) is -1.34. The molecular weight excluding hydrogens is 492 g/mol. The number of hydrogen-bond acceptors (Lipinski definition) is 5. The number of aromatic amines is 1. The number of ether oxygens (including phenoxy) is 1. The van der Waals surface area contributed by atoms with Crippen molar-refractivity contribution in [2.45, 2.75) is 6.54 Å². The summed E-state index contributed by atoms with van der Waals surface area (Å²) in [6, 6.07) is 12.0. The monoisotopic (exact) mass is 515 g/mol. The number of rotatable bonds is 5. The third-order valence-corrected chi connectivity index (χ3v) is 6.76. The number of H-pyrrole nitrogens is 1. The number of imidazole rings is 1. The molecule has 0 radical (unpaired) electrons. The van der Waals surface area contributed by atoms with Gasteiger partial charge in [-0.1, -0.05) is 6.07 Å². The fraction of sp³-hybridized carbons (Fsp3) is 0.179. The second kappa shape index (κ2) is 9.71. The molecule has 8 nitrogen and oxygen atoms in total. The predicted molar refractivity (Wildman–Crippen MR) is 138 cm³/mol. The Balaban J connectivity index is 1.27. The van der Waals surface area contributed by atoms with Crippen molar-refractivity contribution in [2.24, 2.45) is 0 Å². The number of amides is 2. The van der Waals surface area contributed by atoms with E-state index in [-0.39, 0.29) is 23.7 Å². The number of nitrogens with zero attached hydrogens (tertiary/aromatic N) is 2. The van der Waals surface area contributed by atoms with Gasteiger partial charge in [0, 0.05) is 60.1 Å². The minimum absolute atomic E-state index is 0.131. The van der Waals surface area contributed by atoms with Crippen LogP contribution in [-0.2, 0) is 11.3 Å². The van der Waals surface area contributed by atoms with E-state index in [1.165, 1.54) is 12.1 Å². The molecule has 38 heavy (non-hydrogen) atoms. The van der Waals surface area contributed by atoms with Crippen molar-refractivity contribution >= 4 is 23.2 Å². The highest BCUT2D eigenvalue weighted by Gasteiger charge is 2.28. The first kappa shape index (κ1) is 23.8. The Morgan fingerprint density at radius 1 is 1.00 bits per heavy atom. The molecule has 0 atom stereocenters. The third-order valence-electron chi connectivity index (χ3n) is 6.76. The van der Waals surface area contributed by atoms with Crippen LogP contribution in [-0.4, -0.2) is 48.1 Å². The topological polar surface area (TPSA) is 99.3 Å². The zero-order valence-corrected chi connectivity index (χ0v) is 20.2. The molecule has 6 rings (SSSR count). The first-order valence-electron chi connectivity index (χ1n) is 12.2. The standard InChI is InChI=1S/C28H23F2N5O3/c29-17-11-16(12-19(13-17)35-7-9-38-10-8-35)27(36)34-18-1-2-21(24(30)14-18)20-3-4-22(26-31-5-6-32-26)25-23(20)15-33-28(25)37/h1-6,11-14H,7-10,15H2,(H,31,32)(H,33,37)(H,34,36). The fourth-order valence-electron chi connectivity index (χ4n) is 4.93. The van der Waals surface area contributed by atoms with E-state index in [9.17, 15) is 14.0 Å². The Labute approximate surface area is 216 Å². The van der Waals surface area contributed by atoms with Crippen LogP contribution in [0.4, 0.5) is 20.2 Å². The van der Waals surface area contributed by atoms with Gasteiger partial charge in [-0.15, -0.1) is 0 Å². The third kappa shape index (κ3) is 4.39. The summed E-state index contributed by atoms with van der Waals surface area (Å²) in [5.41, 5.74) is 3.59. The van der Waals surface area contributed by atoms with Crippen LogP contribution in [0.5, 0.6) is 0 Å². The molecule has 2 amide bonds. The molecule has 0 spiro atoms. The second-order valence-electron chi connectivity index (χ2n) is 9.08. The lowest BCUT2D eigenvalue weighted by molar-refractivity contribution is 0.0965. The average molecular weight is 516 g/mol. The molecule has 3 heterocycles. The lowest BCUT2D eigenvalue weighted by Crippen LogP contribution is -2.36. The van der Waals surface area contributed by atoms with Crippen LogP contribution in [0.15, 0.2) is 60.9 Å². The molecule has 192 valence electrons. The van der Waals surface area contributed by atoms with Gasteiger partial charge in [0.05, 0.1) is 18.8 Å². The predicted octanol–water partition coefficient (Wildman–Crippen LogP) is 4.35. The van der Waals surface area contributed by atoms with Crippen LogP contribution in [0, 0.1) is 11.6 Å². The maximum absolute atomic E-state index is 15.3. The van der Waals surface area contributed by atoms with Crippen LogP contribution < -0.4 is 15.5 Å². The van der Waals surface area contributed by atoms with Crippen molar-refractivity contribution in [3.05, 3.63) is 89.2 Å². The Hall–Kier alpha value is -4.57. The molecular formula is C28H23F2N5O3. The van der Waals surface area contributed by atoms with E-state index in [0.29, 0.717) is 65.6 Å².